The van der Waals surface area contributed by atoms with Crippen LogP contribution in [0, 0.1) is 6.92 Å². The van der Waals surface area contributed by atoms with Crippen molar-refractivity contribution < 1.29 is 14.3 Å². The van der Waals surface area contributed by atoms with Crippen LogP contribution in [-0.2, 0) is 10.2 Å². The van der Waals surface area contributed by atoms with Crippen molar-refractivity contribution >= 4 is 17.6 Å². The number of hydrogen-bond acceptors (Lipinski definition) is 3. The summed E-state index contributed by atoms with van der Waals surface area (Å²) >= 11 is 6.00. The fraction of sp³-hybridized carbons (Fsp3) is 0.350. The summed E-state index contributed by atoms with van der Waals surface area (Å²) in [5.74, 6) is 0.238. The second-order valence-electron chi connectivity index (χ2n) is 6.69. The quantitative estimate of drug-likeness (QED) is 0.552. The van der Waals surface area contributed by atoms with Crippen molar-refractivity contribution in [1.82, 2.24) is 0 Å². The molecule has 4 heteroatoms. The van der Waals surface area contributed by atoms with Gasteiger partial charge in [0.15, 0.2) is 0 Å². The van der Waals surface area contributed by atoms with Gasteiger partial charge < -0.3 is 9.47 Å². The van der Waals surface area contributed by atoms with Gasteiger partial charge in [0.05, 0.1) is 10.6 Å². The van der Waals surface area contributed by atoms with Crippen LogP contribution < -0.4 is 4.74 Å². The predicted molar refractivity (Wildman–Crippen MR) is 97.1 cm³/mol. The zero-order valence-corrected chi connectivity index (χ0v) is 15.3. The standard InChI is InChI=1S/C20H23ClO3/c1-14-13-15(9-10-16(14)20(2,3)4)19(22)24-12-11-23-18-8-6-5-7-17(18)21/h5-10,13H,11-12H2,1-4H3. The van der Waals surface area contributed by atoms with Gasteiger partial charge in [-0.15, -0.1) is 0 Å². The van der Waals surface area contributed by atoms with E-state index in [4.69, 9.17) is 21.1 Å². The Kier molecular flexibility index (Phi) is 5.89. The molecule has 2 rings (SSSR count). The molecule has 0 bridgehead atoms. The molecule has 0 N–H and O–H groups in total. The van der Waals surface area contributed by atoms with Crippen molar-refractivity contribution in [1.29, 1.82) is 0 Å². The third kappa shape index (κ3) is 4.75. The van der Waals surface area contributed by atoms with Gasteiger partial charge in [-0.2, -0.15) is 0 Å². The summed E-state index contributed by atoms with van der Waals surface area (Å²) in [6.45, 7) is 8.90. The number of hydrogen-bond donors (Lipinski definition) is 0. The molecule has 0 spiro atoms. The number of ether oxygens (including phenoxy) is 2. The molecule has 24 heavy (non-hydrogen) atoms. The van der Waals surface area contributed by atoms with E-state index in [0.29, 0.717) is 16.3 Å². The van der Waals surface area contributed by atoms with Crippen LogP contribution in [0.4, 0.5) is 0 Å². The van der Waals surface area contributed by atoms with Crippen LogP contribution in [0.15, 0.2) is 42.5 Å². The highest BCUT2D eigenvalue weighted by Gasteiger charge is 2.17. The SMILES string of the molecule is Cc1cc(C(=O)OCCOc2ccccc2Cl)ccc1C(C)(C)C. The minimum absolute atomic E-state index is 0.0509. The molecular weight excluding hydrogens is 324 g/mol. The largest absolute Gasteiger partial charge is 0.488 e. The number of aryl methyl sites for hydroxylation is 1. The van der Waals surface area contributed by atoms with E-state index in [2.05, 4.69) is 20.8 Å². The summed E-state index contributed by atoms with van der Waals surface area (Å²) in [5, 5.41) is 0.539. The van der Waals surface area contributed by atoms with Gasteiger partial charge in [-0.3, -0.25) is 0 Å². The lowest BCUT2D eigenvalue weighted by atomic mass is 9.83. The highest BCUT2D eigenvalue weighted by molar-refractivity contribution is 6.32. The minimum Gasteiger partial charge on any atom is -0.488 e. The third-order valence-corrected chi connectivity index (χ3v) is 3.99. The molecule has 0 aliphatic heterocycles. The summed E-state index contributed by atoms with van der Waals surface area (Å²) < 4.78 is 10.8. The van der Waals surface area contributed by atoms with Crippen molar-refractivity contribution in [3.8, 4) is 5.75 Å². The van der Waals surface area contributed by atoms with E-state index in [1.54, 1.807) is 12.1 Å². The van der Waals surface area contributed by atoms with Crippen molar-refractivity contribution in [2.75, 3.05) is 13.2 Å². The number of halogens is 1. The number of rotatable bonds is 5. The van der Waals surface area contributed by atoms with Gasteiger partial charge in [-0.25, -0.2) is 4.79 Å². The first-order valence-electron chi connectivity index (χ1n) is 7.94. The van der Waals surface area contributed by atoms with Crippen LogP contribution >= 0.6 is 11.6 Å². The Hall–Kier alpha value is -2.00. The Morgan fingerprint density at radius 2 is 1.79 bits per heavy atom. The topological polar surface area (TPSA) is 35.5 Å². The Labute approximate surface area is 148 Å². The molecule has 0 fully saturated rings. The highest BCUT2D eigenvalue weighted by atomic mass is 35.5. The van der Waals surface area contributed by atoms with E-state index in [9.17, 15) is 4.79 Å². The van der Waals surface area contributed by atoms with Gasteiger partial charge in [-0.05, 0) is 47.7 Å². The summed E-state index contributed by atoms with van der Waals surface area (Å²) in [4.78, 5) is 12.1. The van der Waals surface area contributed by atoms with Crippen LogP contribution in [0.3, 0.4) is 0 Å². The molecule has 0 aromatic heterocycles. The van der Waals surface area contributed by atoms with E-state index in [0.717, 1.165) is 5.56 Å². The van der Waals surface area contributed by atoms with Gasteiger partial charge >= 0.3 is 5.97 Å². The van der Waals surface area contributed by atoms with Gasteiger partial charge in [-0.1, -0.05) is 50.6 Å². The van der Waals surface area contributed by atoms with E-state index < -0.39 is 0 Å². The monoisotopic (exact) mass is 346 g/mol. The molecule has 0 aliphatic rings. The number of carbonyl (C=O) groups is 1. The van der Waals surface area contributed by atoms with Crippen LogP contribution in [0.2, 0.25) is 5.02 Å². The highest BCUT2D eigenvalue weighted by Crippen LogP contribution is 2.26. The molecule has 0 radical (unpaired) electrons. The predicted octanol–water partition coefficient (Wildman–Crippen LogP) is 5.18. The van der Waals surface area contributed by atoms with Crippen molar-refractivity contribution in [3.05, 3.63) is 64.2 Å². The Morgan fingerprint density at radius 1 is 1.08 bits per heavy atom. The van der Waals surface area contributed by atoms with E-state index >= 15 is 0 Å². The maximum atomic E-state index is 12.1. The second-order valence-corrected chi connectivity index (χ2v) is 7.10. The average molecular weight is 347 g/mol. The lowest BCUT2D eigenvalue weighted by Gasteiger charge is -2.22. The van der Waals surface area contributed by atoms with E-state index in [1.807, 2.05) is 37.3 Å². The molecule has 2 aromatic rings. The van der Waals surface area contributed by atoms with Gasteiger partial charge in [0.2, 0.25) is 0 Å². The normalized spacial score (nSPS) is 11.2. The van der Waals surface area contributed by atoms with Gasteiger partial charge in [0, 0.05) is 0 Å². The van der Waals surface area contributed by atoms with E-state index in [1.165, 1.54) is 5.56 Å². The van der Waals surface area contributed by atoms with Gasteiger partial charge in [0.25, 0.3) is 0 Å². The zero-order chi connectivity index (χ0) is 17.7. The Bertz CT molecular complexity index is 717. The van der Waals surface area contributed by atoms with Crippen molar-refractivity contribution in [2.24, 2.45) is 0 Å². The lowest BCUT2D eigenvalue weighted by molar-refractivity contribution is 0.0450. The van der Waals surface area contributed by atoms with Crippen LogP contribution in [0.25, 0.3) is 0 Å². The molecule has 0 saturated carbocycles. The average Bonchev–Trinajstić information content (AvgIpc) is 2.51. The number of esters is 1. The van der Waals surface area contributed by atoms with E-state index in [-0.39, 0.29) is 24.6 Å². The lowest BCUT2D eigenvalue weighted by Crippen LogP contribution is -2.15. The molecule has 0 saturated heterocycles. The fourth-order valence-electron chi connectivity index (χ4n) is 2.56. The molecule has 128 valence electrons. The van der Waals surface area contributed by atoms with Crippen molar-refractivity contribution in [2.45, 2.75) is 33.1 Å². The maximum Gasteiger partial charge on any atom is 0.338 e. The number of benzene rings is 2. The summed E-state index contributed by atoms with van der Waals surface area (Å²) in [5.41, 5.74) is 2.92. The molecule has 0 heterocycles. The maximum absolute atomic E-state index is 12.1. The summed E-state index contributed by atoms with van der Waals surface area (Å²) in [7, 11) is 0. The molecule has 0 atom stereocenters. The number of para-hydroxylation sites is 1. The summed E-state index contributed by atoms with van der Waals surface area (Å²) in [6.07, 6.45) is 0. The molecule has 3 nitrogen and oxygen atoms in total. The molecular formula is C20H23ClO3. The first-order valence-corrected chi connectivity index (χ1v) is 8.32. The summed E-state index contributed by atoms with van der Waals surface area (Å²) in [6, 6.07) is 12.9. The first kappa shape index (κ1) is 18.3. The van der Waals surface area contributed by atoms with Crippen LogP contribution in [0.1, 0.15) is 42.3 Å². The Balaban J connectivity index is 1.89. The molecule has 0 unspecified atom stereocenters. The zero-order valence-electron chi connectivity index (χ0n) is 14.6. The molecule has 0 amide bonds. The third-order valence-electron chi connectivity index (χ3n) is 3.68. The minimum atomic E-state index is -0.346. The smallest absolute Gasteiger partial charge is 0.338 e. The first-order chi connectivity index (χ1) is 11.3. The number of carbonyl (C=O) groups excluding carboxylic acids is 1. The second kappa shape index (κ2) is 7.71. The molecule has 2 aromatic carbocycles. The van der Waals surface area contributed by atoms with Gasteiger partial charge in [0.1, 0.15) is 19.0 Å². The molecule has 0 aliphatic carbocycles. The van der Waals surface area contributed by atoms with Crippen LogP contribution in [0.5, 0.6) is 5.75 Å². The Morgan fingerprint density at radius 3 is 2.42 bits per heavy atom. The van der Waals surface area contributed by atoms with Crippen LogP contribution in [-0.4, -0.2) is 19.2 Å². The van der Waals surface area contributed by atoms with Crippen molar-refractivity contribution in [3.63, 3.8) is 0 Å². The fourth-order valence-corrected chi connectivity index (χ4v) is 2.75.